The van der Waals surface area contributed by atoms with Crippen LogP contribution in [0.5, 0.6) is 0 Å². The fraction of sp³-hybridized carbons (Fsp3) is 0.235. The predicted octanol–water partition coefficient (Wildman–Crippen LogP) is 3.73. The van der Waals surface area contributed by atoms with E-state index in [1.165, 1.54) is 0 Å². The second kappa shape index (κ2) is 6.75. The number of benzene rings is 1. The lowest BCUT2D eigenvalue weighted by atomic mass is 10.0. The maximum Gasteiger partial charge on any atom is 0.252 e. The van der Waals surface area contributed by atoms with Gasteiger partial charge >= 0.3 is 0 Å². The van der Waals surface area contributed by atoms with Gasteiger partial charge in [-0.25, -0.2) is 0 Å². The Morgan fingerprint density at radius 1 is 1.25 bits per heavy atom. The van der Waals surface area contributed by atoms with Gasteiger partial charge in [-0.2, -0.15) is 0 Å². The molecule has 0 bridgehead atoms. The Kier molecular flexibility index (Phi) is 4.77. The zero-order valence-corrected chi connectivity index (χ0v) is 11.8. The van der Waals surface area contributed by atoms with E-state index in [0.29, 0.717) is 11.3 Å². The molecule has 1 amide bonds. The van der Waals surface area contributed by atoms with Crippen molar-refractivity contribution in [2.75, 3.05) is 0 Å². The number of furan rings is 1. The van der Waals surface area contributed by atoms with Crippen LogP contribution in [0.4, 0.5) is 0 Å². The van der Waals surface area contributed by atoms with Crippen molar-refractivity contribution in [1.29, 1.82) is 0 Å². The first-order valence-electron chi connectivity index (χ1n) is 6.82. The summed E-state index contributed by atoms with van der Waals surface area (Å²) in [6.07, 6.45) is 4.27. The molecule has 0 saturated heterocycles. The van der Waals surface area contributed by atoms with Crippen molar-refractivity contribution in [2.45, 2.75) is 26.3 Å². The molecule has 2 rings (SSSR count). The molecule has 0 radical (unpaired) electrons. The van der Waals surface area contributed by atoms with Crippen LogP contribution in [0.2, 0.25) is 0 Å². The van der Waals surface area contributed by atoms with Gasteiger partial charge in [0.15, 0.2) is 0 Å². The van der Waals surface area contributed by atoms with E-state index in [2.05, 4.69) is 5.32 Å². The molecular formula is C17H19NO2. The first-order chi connectivity index (χ1) is 9.70. The van der Waals surface area contributed by atoms with Crippen molar-refractivity contribution in [1.82, 2.24) is 5.32 Å². The fourth-order valence-corrected chi connectivity index (χ4v) is 1.82. The molecule has 1 atom stereocenters. The molecule has 3 heteroatoms. The minimum Gasteiger partial charge on any atom is -0.465 e. The van der Waals surface area contributed by atoms with Crippen LogP contribution in [0, 0.1) is 0 Å². The van der Waals surface area contributed by atoms with E-state index in [1.54, 1.807) is 18.4 Å². The third kappa shape index (κ3) is 3.60. The summed E-state index contributed by atoms with van der Waals surface area (Å²) in [5, 5.41) is 2.99. The summed E-state index contributed by atoms with van der Waals surface area (Å²) in [5.41, 5.74) is 1.49. The number of carbonyl (C=O) groups excluding carboxylic acids is 1. The Labute approximate surface area is 119 Å². The molecule has 0 aliphatic rings. The first-order valence-corrected chi connectivity index (χ1v) is 6.82. The summed E-state index contributed by atoms with van der Waals surface area (Å²) < 4.78 is 5.31. The van der Waals surface area contributed by atoms with Gasteiger partial charge in [-0.3, -0.25) is 4.79 Å². The number of amides is 1. The van der Waals surface area contributed by atoms with Crippen molar-refractivity contribution >= 4 is 17.6 Å². The van der Waals surface area contributed by atoms with Crippen molar-refractivity contribution in [3.05, 3.63) is 60.1 Å². The highest BCUT2D eigenvalue weighted by molar-refractivity contribution is 6.24. The van der Waals surface area contributed by atoms with Crippen LogP contribution >= 0.6 is 0 Å². The van der Waals surface area contributed by atoms with Crippen molar-refractivity contribution in [3.63, 3.8) is 0 Å². The van der Waals surface area contributed by atoms with E-state index in [4.69, 9.17) is 4.42 Å². The first kappa shape index (κ1) is 14.1. The monoisotopic (exact) mass is 269 g/mol. The van der Waals surface area contributed by atoms with Gasteiger partial charge in [0.25, 0.3) is 5.91 Å². The number of nitrogens with one attached hydrogen (secondary N) is 1. The van der Waals surface area contributed by atoms with Crippen molar-refractivity contribution < 1.29 is 9.21 Å². The SMILES string of the molecule is CC[C@@H](C)NC(=O)/C(=C/c1ccco1)c1ccccc1. The quantitative estimate of drug-likeness (QED) is 0.840. The second-order valence-corrected chi connectivity index (χ2v) is 4.72. The van der Waals surface area contributed by atoms with Crippen LogP contribution in [-0.4, -0.2) is 11.9 Å². The Hall–Kier alpha value is -2.29. The Morgan fingerprint density at radius 3 is 2.60 bits per heavy atom. The molecular weight excluding hydrogens is 250 g/mol. The lowest BCUT2D eigenvalue weighted by molar-refractivity contribution is -0.116. The zero-order valence-electron chi connectivity index (χ0n) is 11.8. The van der Waals surface area contributed by atoms with Crippen LogP contribution in [-0.2, 0) is 4.79 Å². The van der Waals surface area contributed by atoms with E-state index < -0.39 is 0 Å². The third-order valence-electron chi connectivity index (χ3n) is 3.15. The molecule has 1 aromatic heterocycles. The molecule has 0 aliphatic carbocycles. The van der Waals surface area contributed by atoms with Crippen LogP contribution in [0.25, 0.3) is 11.6 Å². The zero-order chi connectivity index (χ0) is 14.4. The molecule has 1 aromatic carbocycles. The molecule has 0 aliphatic heterocycles. The van der Waals surface area contributed by atoms with E-state index in [0.717, 1.165) is 12.0 Å². The Balaban J connectivity index is 2.32. The highest BCUT2D eigenvalue weighted by Gasteiger charge is 2.14. The standard InChI is InChI=1S/C17H19NO2/c1-3-13(2)18-17(19)16(12-15-10-7-11-20-15)14-8-5-4-6-9-14/h4-13H,3H2,1-2H3,(H,18,19)/b16-12+/t13-/m1/s1. The Morgan fingerprint density at radius 2 is 2.00 bits per heavy atom. The molecule has 1 heterocycles. The van der Waals surface area contributed by atoms with E-state index in [-0.39, 0.29) is 11.9 Å². The molecule has 1 N–H and O–H groups in total. The van der Waals surface area contributed by atoms with Gasteiger partial charge in [0.2, 0.25) is 0 Å². The fourth-order valence-electron chi connectivity index (χ4n) is 1.82. The number of rotatable bonds is 5. The summed E-state index contributed by atoms with van der Waals surface area (Å²) in [4.78, 5) is 12.4. The highest BCUT2D eigenvalue weighted by Crippen LogP contribution is 2.19. The van der Waals surface area contributed by atoms with Crippen LogP contribution < -0.4 is 5.32 Å². The van der Waals surface area contributed by atoms with Gasteiger partial charge in [0.1, 0.15) is 5.76 Å². The van der Waals surface area contributed by atoms with Gasteiger partial charge in [-0.15, -0.1) is 0 Å². The molecule has 0 unspecified atom stereocenters. The van der Waals surface area contributed by atoms with E-state index in [9.17, 15) is 4.79 Å². The number of hydrogen-bond acceptors (Lipinski definition) is 2. The van der Waals surface area contributed by atoms with Gasteiger partial charge in [0, 0.05) is 6.04 Å². The summed E-state index contributed by atoms with van der Waals surface area (Å²) in [6.45, 7) is 4.04. The molecule has 0 spiro atoms. The van der Waals surface area contributed by atoms with Crippen LogP contribution in [0.15, 0.2) is 53.1 Å². The second-order valence-electron chi connectivity index (χ2n) is 4.72. The number of carbonyl (C=O) groups is 1. The van der Waals surface area contributed by atoms with Crippen LogP contribution in [0.1, 0.15) is 31.6 Å². The van der Waals surface area contributed by atoms with Crippen molar-refractivity contribution in [2.24, 2.45) is 0 Å². The molecule has 3 nitrogen and oxygen atoms in total. The maximum atomic E-state index is 12.4. The van der Waals surface area contributed by atoms with Gasteiger partial charge in [0.05, 0.1) is 11.8 Å². The van der Waals surface area contributed by atoms with Crippen LogP contribution in [0.3, 0.4) is 0 Å². The summed E-state index contributed by atoms with van der Waals surface area (Å²) in [6, 6.07) is 13.4. The van der Waals surface area contributed by atoms with E-state index >= 15 is 0 Å². The molecule has 104 valence electrons. The normalized spacial score (nSPS) is 13.0. The number of hydrogen-bond donors (Lipinski definition) is 1. The molecule has 20 heavy (non-hydrogen) atoms. The van der Waals surface area contributed by atoms with Gasteiger partial charge in [-0.05, 0) is 37.1 Å². The molecule has 0 saturated carbocycles. The average molecular weight is 269 g/mol. The minimum atomic E-state index is -0.0815. The molecule has 0 fully saturated rings. The molecule has 2 aromatic rings. The summed E-state index contributed by atoms with van der Waals surface area (Å²) in [7, 11) is 0. The van der Waals surface area contributed by atoms with Gasteiger partial charge in [-0.1, -0.05) is 37.3 Å². The smallest absolute Gasteiger partial charge is 0.252 e. The van der Waals surface area contributed by atoms with E-state index in [1.807, 2.05) is 50.2 Å². The lowest BCUT2D eigenvalue weighted by Gasteiger charge is -2.13. The lowest BCUT2D eigenvalue weighted by Crippen LogP contribution is -2.32. The topological polar surface area (TPSA) is 42.2 Å². The third-order valence-corrected chi connectivity index (χ3v) is 3.15. The maximum absolute atomic E-state index is 12.4. The largest absolute Gasteiger partial charge is 0.465 e. The minimum absolute atomic E-state index is 0.0815. The predicted molar refractivity (Wildman–Crippen MR) is 80.9 cm³/mol. The van der Waals surface area contributed by atoms with Gasteiger partial charge < -0.3 is 9.73 Å². The average Bonchev–Trinajstić information content (AvgIpc) is 2.98. The summed E-state index contributed by atoms with van der Waals surface area (Å²) in [5.74, 6) is 0.588. The highest BCUT2D eigenvalue weighted by atomic mass is 16.3. The summed E-state index contributed by atoms with van der Waals surface area (Å²) >= 11 is 0. The van der Waals surface area contributed by atoms with Crippen molar-refractivity contribution in [3.8, 4) is 0 Å². The Bertz CT molecular complexity index is 570.